The Bertz CT molecular complexity index is 698. The van der Waals surface area contributed by atoms with Gasteiger partial charge in [0, 0.05) is 4.88 Å². The molecule has 0 aliphatic rings. The number of aromatic nitrogens is 4. The first-order valence-electron chi connectivity index (χ1n) is 4.97. The quantitative estimate of drug-likeness (QED) is 0.604. The van der Waals surface area contributed by atoms with Gasteiger partial charge in [0.25, 0.3) is 0 Å². The van der Waals surface area contributed by atoms with Crippen molar-refractivity contribution in [3.8, 4) is 11.4 Å². The maximum absolute atomic E-state index is 5.92. The largest absolute Gasteiger partial charge is 0.390 e. The van der Waals surface area contributed by atoms with Gasteiger partial charge in [-0.1, -0.05) is 0 Å². The third-order valence-corrected chi connectivity index (χ3v) is 3.34. The SMILES string of the molecule is Cc1cc(-c2nc3ncnc(N)c3[nH]2)c(N)s1. The van der Waals surface area contributed by atoms with Crippen LogP contribution in [0.5, 0.6) is 0 Å². The summed E-state index contributed by atoms with van der Waals surface area (Å²) in [6.07, 6.45) is 1.39. The molecule has 0 unspecified atom stereocenters. The molecular weight excluding hydrogens is 236 g/mol. The molecule has 0 saturated carbocycles. The van der Waals surface area contributed by atoms with Crippen LogP contribution in [0.1, 0.15) is 4.88 Å². The minimum absolute atomic E-state index is 0.388. The Morgan fingerprint density at radius 3 is 2.76 bits per heavy atom. The summed E-state index contributed by atoms with van der Waals surface area (Å²) >= 11 is 1.53. The predicted molar refractivity (Wildman–Crippen MR) is 68.6 cm³/mol. The molecule has 0 amide bonds. The van der Waals surface area contributed by atoms with Gasteiger partial charge in [-0.25, -0.2) is 15.0 Å². The van der Waals surface area contributed by atoms with Crippen molar-refractivity contribution in [1.29, 1.82) is 0 Å². The van der Waals surface area contributed by atoms with E-state index in [-0.39, 0.29) is 0 Å². The van der Waals surface area contributed by atoms with Crippen molar-refractivity contribution in [2.24, 2.45) is 0 Å². The molecule has 0 radical (unpaired) electrons. The fourth-order valence-electron chi connectivity index (χ4n) is 1.69. The fraction of sp³-hybridized carbons (Fsp3) is 0.100. The Morgan fingerprint density at radius 2 is 2.12 bits per heavy atom. The minimum Gasteiger partial charge on any atom is -0.390 e. The molecular formula is C10H10N6S. The number of hydrogen-bond donors (Lipinski definition) is 3. The van der Waals surface area contributed by atoms with E-state index in [0.717, 1.165) is 15.4 Å². The number of nitrogens with one attached hydrogen (secondary N) is 1. The second kappa shape index (κ2) is 3.42. The Kier molecular flexibility index (Phi) is 2.02. The Morgan fingerprint density at radius 1 is 1.29 bits per heavy atom. The lowest BCUT2D eigenvalue weighted by molar-refractivity contribution is 1.21. The molecule has 0 aliphatic carbocycles. The van der Waals surface area contributed by atoms with E-state index in [9.17, 15) is 0 Å². The Labute approximate surface area is 101 Å². The number of H-pyrrole nitrogens is 1. The van der Waals surface area contributed by atoms with Crippen molar-refractivity contribution in [2.75, 3.05) is 11.5 Å². The highest BCUT2D eigenvalue weighted by Crippen LogP contribution is 2.32. The third-order valence-electron chi connectivity index (χ3n) is 2.46. The highest BCUT2D eigenvalue weighted by molar-refractivity contribution is 7.16. The number of thiophene rings is 1. The van der Waals surface area contributed by atoms with Gasteiger partial charge >= 0.3 is 0 Å². The number of nitrogens with two attached hydrogens (primary N) is 2. The second-order valence-electron chi connectivity index (χ2n) is 3.68. The van der Waals surface area contributed by atoms with Gasteiger partial charge in [-0.15, -0.1) is 11.3 Å². The molecule has 0 spiro atoms. The summed E-state index contributed by atoms with van der Waals surface area (Å²) in [6.45, 7) is 2.00. The van der Waals surface area contributed by atoms with Crippen LogP contribution in [0.2, 0.25) is 0 Å². The summed E-state index contributed by atoms with van der Waals surface area (Å²) in [4.78, 5) is 16.6. The minimum atomic E-state index is 0.388. The van der Waals surface area contributed by atoms with Crippen LogP contribution in [-0.2, 0) is 0 Å². The first-order chi connectivity index (χ1) is 8.15. The number of fused-ring (bicyclic) bond motifs is 1. The second-order valence-corrected chi connectivity index (χ2v) is 4.97. The smallest absolute Gasteiger partial charge is 0.183 e. The third kappa shape index (κ3) is 1.51. The summed E-state index contributed by atoms with van der Waals surface area (Å²) in [7, 11) is 0. The van der Waals surface area contributed by atoms with Crippen molar-refractivity contribution in [3.63, 3.8) is 0 Å². The zero-order chi connectivity index (χ0) is 12.0. The summed E-state index contributed by atoms with van der Waals surface area (Å²) in [6, 6.07) is 1.99. The Balaban J connectivity index is 2.25. The number of imidazole rings is 1. The van der Waals surface area contributed by atoms with E-state index in [0.29, 0.717) is 22.8 Å². The van der Waals surface area contributed by atoms with Gasteiger partial charge in [-0.05, 0) is 13.0 Å². The standard InChI is InChI=1S/C10H10N6S/c1-4-2-5(8(12)17-4)9-15-6-7(11)13-3-14-10(6)16-9/h2-3H,12H2,1H3,(H3,11,13,14,15,16). The molecule has 0 saturated heterocycles. The molecule has 0 atom stereocenters. The molecule has 3 heterocycles. The first-order valence-corrected chi connectivity index (χ1v) is 5.79. The lowest BCUT2D eigenvalue weighted by atomic mass is 10.3. The molecule has 6 nitrogen and oxygen atoms in total. The lowest BCUT2D eigenvalue weighted by Gasteiger charge is -1.92. The molecule has 0 aliphatic heterocycles. The maximum atomic E-state index is 5.92. The molecule has 3 aromatic heterocycles. The number of hydrogen-bond acceptors (Lipinski definition) is 6. The van der Waals surface area contributed by atoms with Gasteiger partial charge in [-0.3, -0.25) is 0 Å². The first kappa shape index (κ1) is 10.0. The predicted octanol–water partition coefficient (Wildman–Crippen LogP) is 1.55. The zero-order valence-electron chi connectivity index (χ0n) is 9.06. The molecule has 3 aromatic rings. The number of nitrogen functional groups attached to an aromatic ring is 2. The topological polar surface area (TPSA) is 106 Å². The monoisotopic (exact) mass is 246 g/mol. The highest BCUT2D eigenvalue weighted by Gasteiger charge is 2.13. The van der Waals surface area contributed by atoms with Gasteiger partial charge < -0.3 is 16.5 Å². The maximum Gasteiger partial charge on any atom is 0.183 e. The van der Waals surface area contributed by atoms with Crippen molar-refractivity contribution in [2.45, 2.75) is 6.92 Å². The summed E-state index contributed by atoms with van der Waals surface area (Å²) in [5.74, 6) is 1.06. The van der Waals surface area contributed by atoms with Gasteiger partial charge in [0.15, 0.2) is 11.5 Å². The van der Waals surface area contributed by atoms with E-state index in [1.807, 2.05) is 13.0 Å². The van der Waals surface area contributed by atoms with Crippen LogP contribution >= 0.6 is 11.3 Å². The fourth-order valence-corrected chi connectivity index (χ4v) is 2.48. The molecule has 17 heavy (non-hydrogen) atoms. The molecule has 0 fully saturated rings. The summed E-state index contributed by atoms with van der Waals surface area (Å²) in [5, 5.41) is 0.730. The van der Waals surface area contributed by atoms with E-state index in [1.165, 1.54) is 17.7 Å². The van der Waals surface area contributed by atoms with Gasteiger partial charge in [0.1, 0.15) is 17.7 Å². The average molecular weight is 246 g/mol. The van der Waals surface area contributed by atoms with E-state index in [2.05, 4.69) is 19.9 Å². The van der Waals surface area contributed by atoms with Crippen LogP contribution in [0.25, 0.3) is 22.6 Å². The average Bonchev–Trinajstić information content (AvgIpc) is 2.82. The normalized spacial score (nSPS) is 11.1. The number of anilines is 2. The molecule has 5 N–H and O–H groups in total. The van der Waals surface area contributed by atoms with Gasteiger partial charge in [0.2, 0.25) is 0 Å². The van der Waals surface area contributed by atoms with Crippen LogP contribution < -0.4 is 11.5 Å². The van der Waals surface area contributed by atoms with Crippen LogP contribution in [0.3, 0.4) is 0 Å². The van der Waals surface area contributed by atoms with E-state index in [4.69, 9.17) is 11.5 Å². The van der Waals surface area contributed by atoms with Crippen LogP contribution in [0, 0.1) is 6.92 Å². The molecule has 86 valence electrons. The summed E-state index contributed by atoms with van der Waals surface area (Å²) < 4.78 is 0. The van der Waals surface area contributed by atoms with E-state index < -0.39 is 0 Å². The number of aromatic amines is 1. The lowest BCUT2D eigenvalue weighted by Crippen LogP contribution is -1.91. The number of nitrogens with zero attached hydrogens (tertiary/aromatic N) is 3. The van der Waals surface area contributed by atoms with Crippen molar-refractivity contribution >= 4 is 33.3 Å². The summed E-state index contributed by atoms with van der Waals surface area (Å²) in [5.41, 5.74) is 13.7. The van der Waals surface area contributed by atoms with Gasteiger partial charge in [0.05, 0.1) is 10.6 Å². The molecule has 7 heteroatoms. The van der Waals surface area contributed by atoms with Crippen LogP contribution in [0.15, 0.2) is 12.4 Å². The van der Waals surface area contributed by atoms with Gasteiger partial charge in [-0.2, -0.15) is 0 Å². The molecule has 3 rings (SSSR count). The van der Waals surface area contributed by atoms with Crippen LogP contribution in [0.4, 0.5) is 10.8 Å². The van der Waals surface area contributed by atoms with E-state index >= 15 is 0 Å². The molecule has 0 aromatic carbocycles. The number of aryl methyl sites for hydroxylation is 1. The van der Waals surface area contributed by atoms with Crippen molar-refractivity contribution < 1.29 is 0 Å². The Hall–Kier alpha value is -2.15. The zero-order valence-corrected chi connectivity index (χ0v) is 9.88. The van der Waals surface area contributed by atoms with Crippen LogP contribution in [-0.4, -0.2) is 19.9 Å². The number of rotatable bonds is 1. The van der Waals surface area contributed by atoms with Crippen molar-refractivity contribution in [1.82, 2.24) is 19.9 Å². The molecule has 0 bridgehead atoms. The van der Waals surface area contributed by atoms with E-state index in [1.54, 1.807) is 0 Å². The van der Waals surface area contributed by atoms with Crippen molar-refractivity contribution in [3.05, 3.63) is 17.3 Å². The highest BCUT2D eigenvalue weighted by atomic mass is 32.1.